The van der Waals surface area contributed by atoms with Gasteiger partial charge in [-0.1, -0.05) is 20.4 Å². The van der Waals surface area contributed by atoms with Crippen molar-refractivity contribution in [1.82, 2.24) is 19.9 Å². The summed E-state index contributed by atoms with van der Waals surface area (Å²) in [7, 11) is 5.62. The predicted octanol–water partition coefficient (Wildman–Crippen LogP) is 5.44. The zero-order valence-electron chi connectivity index (χ0n) is 28.4. The van der Waals surface area contributed by atoms with Crippen LogP contribution < -0.4 is 25.2 Å². The summed E-state index contributed by atoms with van der Waals surface area (Å²) in [4.78, 5) is 46.2. The molecule has 4 rings (SSSR count). The summed E-state index contributed by atoms with van der Waals surface area (Å²) in [5, 5.41) is 6.21. The van der Waals surface area contributed by atoms with E-state index in [2.05, 4.69) is 52.8 Å². The lowest BCUT2D eigenvalue weighted by molar-refractivity contribution is -0.111. The highest BCUT2D eigenvalue weighted by Gasteiger charge is 2.39. The maximum absolute atomic E-state index is 13.3. The number of amides is 1. The molecule has 0 spiro atoms. The zero-order chi connectivity index (χ0) is 33.8. The number of hydrogen-bond acceptors (Lipinski definition) is 11. The number of nitrogens with zero attached hydrogens (tertiary/aromatic N) is 6. The van der Waals surface area contributed by atoms with Gasteiger partial charge in [0, 0.05) is 49.6 Å². The number of pyridine rings is 1. The number of benzene rings is 1. The Labute approximate surface area is 271 Å². The highest BCUT2D eigenvalue weighted by atomic mass is 16.5. The number of aryl methyl sites for hydroxylation is 1. The van der Waals surface area contributed by atoms with Gasteiger partial charge < -0.3 is 34.8 Å². The van der Waals surface area contributed by atoms with Gasteiger partial charge in [0.05, 0.1) is 41.7 Å². The number of ether oxygens (including phenoxy) is 2. The molecule has 0 atom stereocenters. The van der Waals surface area contributed by atoms with Gasteiger partial charge in [-0.3, -0.25) is 9.78 Å². The fourth-order valence-electron chi connectivity index (χ4n) is 5.34. The summed E-state index contributed by atoms with van der Waals surface area (Å²) in [6, 6.07) is 7.62. The lowest BCUT2D eigenvalue weighted by atomic mass is 9.91. The van der Waals surface area contributed by atoms with Gasteiger partial charge in [0.1, 0.15) is 11.3 Å². The summed E-state index contributed by atoms with van der Waals surface area (Å²) < 4.78 is 11.4. The summed E-state index contributed by atoms with van der Waals surface area (Å²) in [5.41, 5.74) is 4.55. The second-order valence-electron chi connectivity index (χ2n) is 12.4. The number of aromatic nitrogens is 3. The van der Waals surface area contributed by atoms with E-state index >= 15 is 0 Å². The van der Waals surface area contributed by atoms with Crippen LogP contribution >= 0.6 is 0 Å². The Morgan fingerprint density at radius 1 is 1.15 bits per heavy atom. The third kappa shape index (κ3) is 7.56. The number of esters is 1. The first kappa shape index (κ1) is 34.2. The Balaban J connectivity index is 1.82. The average Bonchev–Trinajstić information content (AvgIpc) is 3.26. The molecule has 3 aromatic rings. The lowest BCUT2D eigenvalue weighted by Gasteiger charge is -2.28. The SMILES string of the molecule is C=CC(=O)Nc1cc(Nc2ncc(C(=O)OC(C)C)c(N3CC(C)(C)c4nc(C)ccc43)n2)c(OC)cc1N(CC)CCN(C)C. The first-order valence-corrected chi connectivity index (χ1v) is 15.4. The van der Waals surface area contributed by atoms with Gasteiger partial charge in [-0.2, -0.15) is 4.98 Å². The average molecular weight is 631 g/mol. The Morgan fingerprint density at radius 3 is 2.52 bits per heavy atom. The second kappa shape index (κ2) is 14.2. The van der Waals surface area contributed by atoms with Gasteiger partial charge in [0.15, 0.2) is 5.82 Å². The molecule has 0 aliphatic carbocycles. The summed E-state index contributed by atoms with van der Waals surface area (Å²) in [6.07, 6.45) is 2.38. The molecule has 1 amide bonds. The van der Waals surface area contributed by atoms with Gasteiger partial charge in [0.25, 0.3) is 0 Å². The molecule has 0 radical (unpaired) electrons. The summed E-state index contributed by atoms with van der Waals surface area (Å²) >= 11 is 0. The van der Waals surface area contributed by atoms with E-state index in [9.17, 15) is 9.59 Å². The van der Waals surface area contributed by atoms with Gasteiger partial charge in [0.2, 0.25) is 11.9 Å². The van der Waals surface area contributed by atoms with E-state index in [1.54, 1.807) is 27.0 Å². The number of fused-ring (bicyclic) bond motifs is 1. The number of nitrogens with one attached hydrogen (secondary N) is 2. The van der Waals surface area contributed by atoms with Crippen molar-refractivity contribution in [2.45, 2.75) is 53.1 Å². The van der Waals surface area contributed by atoms with E-state index in [0.717, 1.165) is 35.9 Å². The minimum Gasteiger partial charge on any atom is -0.494 e. The number of likely N-dealkylation sites (N-methyl/N-ethyl adjacent to an activating group) is 2. The molecule has 0 saturated heterocycles. The Morgan fingerprint density at radius 2 is 1.89 bits per heavy atom. The summed E-state index contributed by atoms with van der Waals surface area (Å²) in [6.45, 7) is 18.3. The van der Waals surface area contributed by atoms with Crippen molar-refractivity contribution in [1.29, 1.82) is 0 Å². The van der Waals surface area contributed by atoms with Crippen molar-refractivity contribution in [2.24, 2.45) is 0 Å². The molecule has 0 saturated carbocycles. The fraction of sp³-hybridized carbons (Fsp3) is 0.441. The summed E-state index contributed by atoms with van der Waals surface area (Å²) in [5.74, 6) is 0.297. The Hall–Kier alpha value is -4.71. The van der Waals surface area contributed by atoms with Crippen molar-refractivity contribution < 1.29 is 19.1 Å². The highest BCUT2D eigenvalue weighted by Crippen LogP contribution is 2.44. The molecule has 46 heavy (non-hydrogen) atoms. The van der Waals surface area contributed by atoms with Crippen molar-refractivity contribution in [3.63, 3.8) is 0 Å². The van der Waals surface area contributed by atoms with Gasteiger partial charge in [-0.05, 0) is 66.1 Å². The standard InChI is InChI=1S/C34H46N8O4/c1-11-29(43)37-24-17-25(28(45-10)18-27(24)41(12-2)16-15-40(8)9)38-33-35-19-23(32(44)46-21(3)4)31(39-33)42-20-34(6,7)30-26(42)14-13-22(5)36-30/h11,13-14,17-19,21H,1,12,15-16,20H2,2-10H3,(H,37,43)(H,35,38,39). The van der Waals surface area contributed by atoms with Gasteiger partial charge >= 0.3 is 5.97 Å². The number of methoxy groups -OCH3 is 1. The third-order valence-electron chi connectivity index (χ3n) is 7.63. The fourth-order valence-corrected chi connectivity index (χ4v) is 5.34. The number of rotatable bonds is 13. The largest absolute Gasteiger partial charge is 0.494 e. The van der Waals surface area contributed by atoms with Crippen LogP contribution in [0.1, 0.15) is 56.4 Å². The van der Waals surface area contributed by atoms with Gasteiger partial charge in [-0.25, -0.2) is 9.78 Å². The zero-order valence-corrected chi connectivity index (χ0v) is 28.4. The van der Waals surface area contributed by atoms with Crippen LogP contribution in [0.25, 0.3) is 0 Å². The number of anilines is 6. The van der Waals surface area contributed by atoms with Crippen LogP contribution in [-0.2, 0) is 14.9 Å². The highest BCUT2D eigenvalue weighted by molar-refractivity contribution is 6.02. The molecule has 0 bridgehead atoms. The minimum absolute atomic E-state index is 0.231. The van der Waals surface area contributed by atoms with Crippen molar-refractivity contribution in [3.8, 4) is 5.75 Å². The lowest BCUT2D eigenvalue weighted by Crippen LogP contribution is -2.32. The van der Waals surface area contributed by atoms with E-state index in [-0.39, 0.29) is 28.9 Å². The van der Waals surface area contributed by atoms with Crippen LogP contribution in [-0.4, -0.2) is 85.2 Å². The maximum Gasteiger partial charge on any atom is 0.343 e. The minimum atomic E-state index is -0.517. The van der Waals surface area contributed by atoms with Crippen LogP contribution in [0.3, 0.4) is 0 Å². The third-order valence-corrected chi connectivity index (χ3v) is 7.63. The molecule has 1 aromatic carbocycles. The van der Waals surface area contributed by atoms with Crippen LogP contribution in [0.4, 0.5) is 34.5 Å². The first-order valence-electron chi connectivity index (χ1n) is 15.4. The van der Waals surface area contributed by atoms with E-state index < -0.39 is 5.97 Å². The molecule has 0 fully saturated rings. The van der Waals surface area contributed by atoms with Crippen LogP contribution in [0.2, 0.25) is 0 Å². The molecule has 1 aliphatic rings. The molecule has 12 nitrogen and oxygen atoms in total. The molecular weight excluding hydrogens is 584 g/mol. The van der Waals surface area contributed by atoms with Crippen molar-refractivity contribution in [2.75, 3.05) is 67.8 Å². The molecular formula is C34H46N8O4. The molecule has 3 heterocycles. The Bertz CT molecular complexity index is 1600. The van der Waals surface area contributed by atoms with E-state index in [1.807, 2.05) is 44.1 Å². The van der Waals surface area contributed by atoms with E-state index in [1.165, 1.54) is 12.3 Å². The van der Waals surface area contributed by atoms with E-state index in [0.29, 0.717) is 36.0 Å². The normalized spacial score (nSPS) is 13.4. The molecule has 2 N–H and O–H groups in total. The van der Waals surface area contributed by atoms with Crippen LogP contribution in [0.5, 0.6) is 5.75 Å². The van der Waals surface area contributed by atoms with E-state index in [4.69, 9.17) is 19.4 Å². The molecule has 2 aromatic heterocycles. The monoisotopic (exact) mass is 630 g/mol. The number of hydrogen-bond donors (Lipinski definition) is 2. The van der Waals surface area contributed by atoms with Crippen molar-refractivity contribution >= 4 is 46.4 Å². The van der Waals surface area contributed by atoms with Crippen LogP contribution in [0.15, 0.2) is 43.1 Å². The topological polar surface area (TPSA) is 125 Å². The first-order chi connectivity index (χ1) is 21.8. The predicted molar refractivity (Wildman–Crippen MR) is 183 cm³/mol. The number of carbonyl (C=O) groups excluding carboxylic acids is 2. The second-order valence-corrected chi connectivity index (χ2v) is 12.4. The molecule has 12 heteroatoms. The molecule has 1 aliphatic heterocycles. The number of carbonyl (C=O) groups is 2. The quantitative estimate of drug-likeness (QED) is 0.185. The van der Waals surface area contributed by atoms with Crippen molar-refractivity contribution in [3.05, 3.63) is 60.1 Å². The Kier molecular flexibility index (Phi) is 10.5. The molecule has 0 unspecified atom stereocenters. The maximum atomic E-state index is 13.3. The molecule has 246 valence electrons. The smallest absolute Gasteiger partial charge is 0.343 e. The van der Waals surface area contributed by atoms with Gasteiger partial charge in [-0.15, -0.1) is 0 Å². The van der Waals surface area contributed by atoms with Crippen LogP contribution in [0, 0.1) is 6.92 Å².